The number of aromatic nitrogens is 2. The third-order valence-corrected chi connectivity index (χ3v) is 6.09. The molecule has 158 valence electrons. The van der Waals surface area contributed by atoms with Crippen LogP contribution >= 0.6 is 0 Å². The van der Waals surface area contributed by atoms with Gasteiger partial charge in [-0.2, -0.15) is 5.10 Å². The molecule has 2 N–H and O–H groups in total. The molecule has 3 aliphatic heterocycles. The molecule has 3 atom stereocenters. The first kappa shape index (κ1) is 20.1. The van der Waals surface area contributed by atoms with Crippen molar-refractivity contribution in [3.63, 3.8) is 0 Å². The van der Waals surface area contributed by atoms with Gasteiger partial charge < -0.3 is 19.6 Å². The quantitative estimate of drug-likeness (QED) is 0.740. The molecule has 0 saturated carbocycles. The van der Waals surface area contributed by atoms with E-state index in [0.29, 0.717) is 31.6 Å². The second-order valence-electron chi connectivity index (χ2n) is 7.57. The number of nitrogens with one attached hydrogen (secondary N) is 1. The Morgan fingerprint density at radius 2 is 2.13 bits per heavy atom. The Morgan fingerprint density at radius 1 is 1.40 bits per heavy atom. The summed E-state index contributed by atoms with van der Waals surface area (Å²) in [5.41, 5.74) is 1.71. The van der Waals surface area contributed by atoms with Crippen molar-refractivity contribution in [2.24, 2.45) is 0 Å². The zero-order chi connectivity index (χ0) is 21.3. The number of carboxylic acid groups (broad SMARTS) is 1. The first-order valence-electron chi connectivity index (χ1n) is 10.0. The van der Waals surface area contributed by atoms with E-state index in [1.807, 2.05) is 42.2 Å². The Bertz CT molecular complexity index is 946. The molecule has 0 unspecified atom stereocenters. The number of H-pyrrole nitrogens is 1. The van der Waals surface area contributed by atoms with Crippen LogP contribution in [0.25, 0.3) is 0 Å². The van der Waals surface area contributed by atoms with Gasteiger partial charge in [0.25, 0.3) is 12.4 Å². The number of hydrogen-bond acceptors (Lipinski definition) is 5. The van der Waals surface area contributed by atoms with Crippen LogP contribution in [0.1, 0.15) is 47.6 Å². The van der Waals surface area contributed by atoms with E-state index in [2.05, 4.69) is 10.2 Å². The fourth-order valence-electron chi connectivity index (χ4n) is 4.71. The van der Waals surface area contributed by atoms with Gasteiger partial charge in [-0.15, -0.1) is 0 Å². The summed E-state index contributed by atoms with van der Waals surface area (Å²) in [5, 5.41) is 13.9. The van der Waals surface area contributed by atoms with E-state index in [4.69, 9.17) is 14.6 Å². The molecule has 3 aliphatic rings. The summed E-state index contributed by atoms with van der Waals surface area (Å²) in [6, 6.07) is 11.5. The highest BCUT2D eigenvalue weighted by molar-refractivity contribution is 5.94. The van der Waals surface area contributed by atoms with E-state index in [1.165, 1.54) is 0 Å². The normalized spacial score (nSPS) is 26.8. The van der Waals surface area contributed by atoms with Crippen LogP contribution in [0.4, 0.5) is 0 Å². The molecule has 4 heterocycles. The lowest BCUT2D eigenvalue weighted by Gasteiger charge is -2.31. The minimum absolute atomic E-state index is 0.0622. The van der Waals surface area contributed by atoms with Gasteiger partial charge in [-0.25, -0.2) is 0 Å². The maximum Gasteiger partial charge on any atom is 0.290 e. The predicted molar refractivity (Wildman–Crippen MR) is 105 cm³/mol. The number of carbonyl (C=O) groups excluding carboxylic acids is 2. The summed E-state index contributed by atoms with van der Waals surface area (Å²) in [5.74, 6) is -0.0681. The van der Waals surface area contributed by atoms with Crippen molar-refractivity contribution < 1.29 is 24.2 Å². The van der Waals surface area contributed by atoms with Crippen LogP contribution in [0.5, 0.6) is 0 Å². The van der Waals surface area contributed by atoms with Crippen molar-refractivity contribution in [1.82, 2.24) is 20.0 Å². The molecule has 5 rings (SSSR count). The van der Waals surface area contributed by atoms with Gasteiger partial charge in [0.1, 0.15) is 11.8 Å². The van der Waals surface area contributed by atoms with Gasteiger partial charge in [0.2, 0.25) is 5.91 Å². The second kappa shape index (κ2) is 7.91. The first-order chi connectivity index (χ1) is 14.5. The van der Waals surface area contributed by atoms with E-state index in [-0.39, 0.29) is 30.4 Å². The minimum Gasteiger partial charge on any atom is -0.483 e. The van der Waals surface area contributed by atoms with Gasteiger partial charge in [-0.1, -0.05) is 37.3 Å². The molecule has 0 radical (unpaired) electrons. The third-order valence-electron chi connectivity index (χ3n) is 6.09. The SMILES string of the molecule is CCc1cc(C(=O)N2CC[C@@]34O[C@@H](c5ccccc5)CN3C(=O)C[C@@H]24)n[nH]1.O=CO. The van der Waals surface area contributed by atoms with Crippen molar-refractivity contribution in [1.29, 1.82) is 0 Å². The summed E-state index contributed by atoms with van der Waals surface area (Å²) < 4.78 is 6.48. The third kappa shape index (κ3) is 3.15. The van der Waals surface area contributed by atoms with Gasteiger partial charge in [0.15, 0.2) is 5.72 Å². The number of amides is 2. The maximum absolute atomic E-state index is 13.0. The van der Waals surface area contributed by atoms with E-state index in [9.17, 15) is 9.59 Å². The Labute approximate surface area is 173 Å². The van der Waals surface area contributed by atoms with E-state index in [1.54, 1.807) is 11.0 Å². The Morgan fingerprint density at radius 3 is 2.80 bits per heavy atom. The average Bonchev–Trinajstić information content (AvgIpc) is 3.50. The Hall–Kier alpha value is -3.20. The Balaban J connectivity index is 0.000000687. The summed E-state index contributed by atoms with van der Waals surface area (Å²) in [7, 11) is 0. The molecule has 1 spiro atoms. The minimum atomic E-state index is -0.697. The lowest BCUT2D eigenvalue weighted by molar-refractivity contribution is -0.138. The van der Waals surface area contributed by atoms with Crippen molar-refractivity contribution in [2.45, 2.75) is 44.1 Å². The van der Waals surface area contributed by atoms with Crippen LogP contribution in [0, 0.1) is 0 Å². The predicted octanol–water partition coefficient (Wildman–Crippen LogP) is 1.59. The van der Waals surface area contributed by atoms with E-state index in [0.717, 1.165) is 17.7 Å². The molecule has 2 aromatic rings. The van der Waals surface area contributed by atoms with Crippen LogP contribution in [-0.2, 0) is 20.7 Å². The van der Waals surface area contributed by atoms with Gasteiger partial charge in [-0.3, -0.25) is 19.5 Å². The van der Waals surface area contributed by atoms with E-state index >= 15 is 0 Å². The van der Waals surface area contributed by atoms with Crippen LogP contribution < -0.4 is 0 Å². The maximum atomic E-state index is 13.0. The van der Waals surface area contributed by atoms with Gasteiger partial charge >= 0.3 is 0 Å². The van der Waals surface area contributed by atoms with E-state index < -0.39 is 5.72 Å². The number of ether oxygens (including phenoxy) is 1. The lowest BCUT2D eigenvalue weighted by Crippen LogP contribution is -2.48. The fourth-order valence-corrected chi connectivity index (χ4v) is 4.71. The zero-order valence-electron chi connectivity index (χ0n) is 16.7. The highest BCUT2D eigenvalue weighted by Crippen LogP contribution is 2.50. The van der Waals surface area contributed by atoms with Crippen molar-refractivity contribution in [3.05, 3.63) is 53.3 Å². The molecule has 30 heavy (non-hydrogen) atoms. The molecular weight excluding hydrogens is 388 g/mol. The number of aryl methyl sites for hydroxylation is 1. The van der Waals surface area contributed by atoms with Crippen LogP contribution in [0.15, 0.2) is 36.4 Å². The van der Waals surface area contributed by atoms with Crippen molar-refractivity contribution >= 4 is 18.3 Å². The molecule has 0 bridgehead atoms. The van der Waals surface area contributed by atoms with Crippen molar-refractivity contribution in [3.8, 4) is 0 Å². The molecule has 0 aliphatic carbocycles. The second-order valence-corrected chi connectivity index (χ2v) is 7.57. The van der Waals surface area contributed by atoms with Crippen LogP contribution in [0.2, 0.25) is 0 Å². The number of benzene rings is 1. The van der Waals surface area contributed by atoms with Crippen molar-refractivity contribution in [2.75, 3.05) is 13.1 Å². The highest BCUT2D eigenvalue weighted by atomic mass is 16.5. The summed E-state index contributed by atoms with van der Waals surface area (Å²) in [6.45, 7) is 2.88. The van der Waals surface area contributed by atoms with Crippen LogP contribution in [-0.4, -0.2) is 68.2 Å². The average molecular weight is 412 g/mol. The molecule has 9 nitrogen and oxygen atoms in total. The number of carbonyl (C=O) groups is 3. The Kier molecular flexibility index (Phi) is 5.29. The van der Waals surface area contributed by atoms with Gasteiger partial charge in [0.05, 0.1) is 19.0 Å². The first-order valence-corrected chi connectivity index (χ1v) is 10.0. The van der Waals surface area contributed by atoms with Gasteiger partial charge in [0, 0.05) is 18.7 Å². The molecule has 3 fully saturated rings. The number of hydrogen-bond donors (Lipinski definition) is 2. The number of nitrogens with zero attached hydrogens (tertiary/aromatic N) is 3. The summed E-state index contributed by atoms with van der Waals surface area (Å²) >= 11 is 0. The van der Waals surface area contributed by atoms with Crippen LogP contribution in [0.3, 0.4) is 0 Å². The standard InChI is InChI=1S/C20H22N4O3.CH2O2/c1-2-14-10-15(22-21-14)19(26)23-9-8-20-17(23)11-18(25)24(20)12-16(27-20)13-6-4-3-5-7-13;2-1-3/h3-7,10,16-17H,2,8-9,11-12H2,1H3,(H,21,22);1H,(H,2,3)/t16-,17-,20+;/m1./s1. The molecule has 2 amide bonds. The largest absolute Gasteiger partial charge is 0.483 e. The zero-order valence-corrected chi connectivity index (χ0v) is 16.7. The number of rotatable bonds is 3. The highest BCUT2D eigenvalue weighted by Gasteiger charge is 2.65. The number of aromatic amines is 1. The molecule has 3 saturated heterocycles. The summed E-state index contributed by atoms with van der Waals surface area (Å²) in [6.07, 6.45) is 1.61. The number of likely N-dealkylation sites (tertiary alicyclic amines) is 1. The molecular formula is C21H24N4O5. The molecule has 9 heteroatoms. The van der Waals surface area contributed by atoms with Gasteiger partial charge in [-0.05, 0) is 18.1 Å². The molecule has 1 aromatic heterocycles. The smallest absolute Gasteiger partial charge is 0.290 e. The fraction of sp³-hybridized carbons (Fsp3) is 0.429. The lowest BCUT2D eigenvalue weighted by atomic mass is 10.1. The molecule has 1 aromatic carbocycles. The monoisotopic (exact) mass is 412 g/mol. The topological polar surface area (TPSA) is 116 Å². The summed E-state index contributed by atoms with van der Waals surface area (Å²) in [4.78, 5) is 37.7.